The Balaban J connectivity index is 2.22. The molecule has 1 fully saturated rings. The Kier molecular flexibility index (Phi) is 2.63. The molecule has 1 heterocycles. The van der Waals surface area contributed by atoms with E-state index in [-0.39, 0.29) is 5.71 Å². The predicted molar refractivity (Wildman–Crippen MR) is 59.7 cm³/mol. The molecular formula is C10H10ClN3O2. The first-order valence-corrected chi connectivity index (χ1v) is 5.24. The lowest BCUT2D eigenvalue weighted by Gasteiger charge is -2.13. The minimum Gasteiger partial charge on any atom is -0.302 e. The molecule has 6 heteroatoms. The summed E-state index contributed by atoms with van der Waals surface area (Å²) in [7, 11) is 0. The van der Waals surface area contributed by atoms with Gasteiger partial charge in [0.05, 0.1) is 5.71 Å². The highest BCUT2D eigenvalue weighted by Crippen LogP contribution is 2.49. The van der Waals surface area contributed by atoms with Crippen LogP contribution in [0.1, 0.15) is 18.4 Å². The highest BCUT2D eigenvalue weighted by atomic mass is 35.5. The zero-order chi connectivity index (χ0) is 11.8. The van der Waals surface area contributed by atoms with Crippen LogP contribution in [0.2, 0.25) is 5.15 Å². The van der Waals surface area contributed by atoms with Gasteiger partial charge in [-0.05, 0) is 24.5 Å². The number of nitrogens with zero attached hydrogens (tertiary/aromatic N) is 2. The van der Waals surface area contributed by atoms with E-state index in [0.29, 0.717) is 5.15 Å². The van der Waals surface area contributed by atoms with Gasteiger partial charge in [0.25, 0.3) is 0 Å². The summed E-state index contributed by atoms with van der Waals surface area (Å²) in [6.45, 7) is -0.400. The van der Waals surface area contributed by atoms with Crippen LogP contribution in [0.3, 0.4) is 0 Å². The van der Waals surface area contributed by atoms with Crippen LogP contribution >= 0.6 is 11.6 Å². The van der Waals surface area contributed by atoms with Crippen molar-refractivity contribution >= 4 is 17.3 Å². The van der Waals surface area contributed by atoms with Gasteiger partial charge in [-0.15, -0.1) is 0 Å². The van der Waals surface area contributed by atoms with E-state index in [1.807, 2.05) is 0 Å². The standard InChI is InChI=1S/C10H10ClN3O2/c11-9-2-1-7(5-13-9)10(3-4-10)8(12)6-14(15)16/h1-2,5,12H,3-4,6H2. The molecule has 0 aromatic carbocycles. The van der Waals surface area contributed by atoms with Gasteiger partial charge in [0.15, 0.2) is 0 Å². The summed E-state index contributed by atoms with van der Waals surface area (Å²) in [6.07, 6.45) is 3.16. The number of hydrogen-bond donors (Lipinski definition) is 1. The monoisotopic (exact) mass is 239 g/mol. The topological polar surface area (TPSA) is 79.9 Å². The molecular weight excluding hydrogens is 230 g/mol. The fourth-order valence-electron chi connectivity index (χ4n) is 1.83. The summed E-state index contributed by atoms with van der Waals surface area (Å²) < 4.78 is 0. The molecule has 0 atom stereocenters. The minimum atomic E-state index is -0.467. The maximum absolute atomic E-state index is 10.4. The molecule has 1 aromatic heterocycles. The van der Waals surface area contributed by atoms with Crippen LogP contribution in [0.25, 0.3) is 0 Å². The quantitative estimate of drug-likeness (QED) is 0.378. The van der Waals surface area contributed by atoms with E-state index in [1.165, 1.54) is 0 Å². The Morgan fingerprint density at radius 1 is 1.62 bits per heavy atom. The SMILES string of the molecule is N=C(C[N+](=O)[O-])C1(c2ccc(Cl)nc2)CC1. The van der Waals surface area contributed by atoms with E-state index in [4.69, 9.17) is 17.0 Å². The second kappa shape index (κ2) is 3.83. The molecule has 2 rings (SSSR count). The second-order valence-corrected chi connectivity index (χ2v) is 4.31. The van der Waals surface area contributed by atoms with Crippen LogP contribution < -0.4 is 0 Å². The first kappa shape index (κ1) is 11.0. The maximum atomic E-state index is 10.4. The number of aromatic nitrogens is 1. The van der Waals surface area contributed by atoms with E-state index in [0.717, 1.165) is 18.4 Å². The van der Waals surface area contributed by atoms with Crippen LogP contribution in [-0.4, -0.2) is 22.2 Å². The highest BCUT2D eigenvalue weighted by molar-refractivity contribution is 6.29. The number of hydrogen-bond acceptors (Lipinski definition) is 4. The smallest absolute Gasteiger partial charge is 0.241 e. The molecule has 1 aliphatic rings. The molecule has 0 radical (unpaired) electrons. The van der Waals surface area contributed by atoms with Crippen LogP contribution in [0.5, 0.6) is 0 Å². The predicted octanol–water partition coefficient (Wildman–Crippen LogP) is 2.06. The van der Waals surface area contributed by atoms with Gasteiger partial charge in [-0.1, -0.05) is 17.7 Å². The summed E-state index contributed by atoms with van der Waals surface area (Å²) in [5.41, 5.74) is 0.551. The highest BCUT2D eigenvalue weighted by Gasteiger charge is 2.49. The number of rotatable bonds is 4. The van der Waals surface area contributed by atoms with Crippen molar-refractivity contribution in [2.75, 3.05) is 6.54 Å². The van der Waals surface area contributed by atoms with Gasteiger partial charge in [0.1, 0.15) is 5.15 Å². The number of halogens is 1. The molecule has 16 heavy (non-hydrogen) atoms. The van der Waals surface area contributed by atoms with Gasteiger partial charge < -0.3 is 5.41 Å². The van der Waals surface area contributed by atoms with Gasteiger partial charge in [-0.2, -0.15) is 0 Å². The average Bonchev–Trinajstić information content (AvgIpc) is 2.98. The summed E-state index contributed by atoms with van der Waals surface area (Å²) in [4.78, 5) is 13.9. The molecule has 0 amide bonds. The third-order valence-corrected chi connectivity index (χ3v) is 3.12. The van der Waals surface area contributed by atoms with Crippen LogP contribution in [0, 0.1) is 15.5 Å². The number of nitro groups is 1. The fourth-order valence-corrected chi connectivity index (χ4v) is 1.94. The molecule has 1 aromatic rings. The summed E-state index contributed by atoms with van der Waals surface area (Å²) in [6, 6.07) is 3.44. The van der Waals surface area contributed by atoms with Crippen molar-refractivity contribution in [1.82, 2.24) is 4.98 Å². The van der Waals surface area contributed by atoms with E-state index >= 15 is 0 Å². The molecule has 1 N–H and O–H groups in total. The van der Waals surface area contributed by atoms with Gasteiger partial charge in [-0.3, -0.25) is 10.1 Å². The Morgan fingerprint density at radius 3 is 2.75 bits per heavy atom. The van der Waals surface area contributed by atoms with Crippen molar-refractivity contribution in [3.63, 3.8) is 0 Å². The first-order valence-electron chi connectivity index (χ1n) is 4.86. The third kappa shape index (κ3) is 1.90. The van der Waals surface area contributed by atoms with E-state index in [9.17, 15) is 10.1 Å². The largest absolute Gasteiger partial charge is 0.302 e. The summed E-state index contributed by atoms with van der Waals surface area (Å²) >= 11 is 5.67. The zero-order valence-corrected chi connectivity index (χ0v) is 9.20. The number of nitrogens with one attached hydrogen (secondary N) is 1. The Bertz CT molecular complexity index is 440. The number of pyridine rings is 1. The maximum Gasteiger partial charge on any atom is 0.241 e. The van der Waals surface area contributed by atoms with Gasteiger partial charge in [0.2, 0.25) is 6.54 Å². The van der Waals surface area contributed by atoms with Crippen molar-refractivity contribution in [1.29, 1.82) is 5.41 Å². The van der Waals surface area contributed by atoms with E-state index < -0.39 is 16.9 Å². The van der Waals surface area contributed by atoms with Crippen molar-refractivity contribution in [3.05, 3.63) is 39.2 Å². The van der Waals surface area contributed by atoms with Crippen molar-refractivity contribution < 1.29 is 4.92 Å². The van der Waals surface area contributed by atoms with Gasteiger partial charge in [0, 0.05) is 16.5 Å². The normalized spacial score (nSPS) is 16.8. The lowest BCUT2D eigenvalue weighted by Crippen LogP contribution is -2.27. The molecule has 0 saturated heterocycles. The second-order valence-electron chi connectivity index (χ2n) is 3.92. The molecule has 1 saturated carbocycles. The first-order chi connectivity index (χ1) is 7.54. The van der Waals surface area contributed by atoms with Gasteiger partial charge in [-0.25, -0.2) is 4.98 Å². The Hall–Kier alpha value is -1.49. The fraction of sp³-hybridized carbons (Fsp3) is 0.400. The molecule has 1 aliphatic carbocycles. The average molecular weight is 240 g/mol. The Morgan fingerprint density at radius 2 is 2.31 bits per heavy atom. The van der Waals surface area contributed by atoms with Crippen LogP contribution in [0.15, 0.2) is 18.3 Å². The van der Waals surface area contributed by atoms with Gasteiger partial charge >= 0.3 is 0 Å². The lowest BCUT2D eigenvalue weighted by molar-refractivity contribution is -0.463. The molecule has 0 unspecified atom stereocenters. The van der Waals surface area contributed by atoms with E-state index in [2.05, 4.69) is 4.98 Å². The summed E-state index contributed by atoms with van der Waals surface area (Å²) in [5.74, 6) is 0. The molecule has 0 spiro atoms. The third-order valence-electron chi connectivity index (χ3n) is 2.89. The van der Waals surface area contributed by atoms with Crippen molar-refractivity contribution in [2.24, 2.45) is 0 Å². The molecule has 0 aliphatic heterocycles. The lowest BCUT2D eigenvalue weighted by atomic mass is 9.92. The van der Waals surface area contributed by atoms with Crippen LogP contribution in [-0.2, 0) is 5.41 Å². The molecule has 0 bridgehead atoms. The van der Waals surface area contributed by atoms with E-state index in [1.54, 1.807) is 18.3 Å². The van der Waals surface area contributed by atoms with Crippen molar-refractivity contribution in [2.45, 2.75) is 18.3 Å². The molecule has 84 valence electrons. The van der Waals surface area contributed by atoms with Crippen molar-refractivity contribution in [3.8, 4) is 0 Å². The zero-order valence-electron chi connectivity index (χ0n) is 8.44. The summed E-state index contributed by atoms with van der Waals surface area (Å²) in [5, 5.41) is 18.6. The van der Waals surface area contributed by atoms with Crippen LogP contribution in [0.4, 0.5) is 0 Å². The Labute approximate surface area is 97.1 Å². The molecule has 5 nitrogen and oxygen atoms in total. The minimum absolute atomic E-state index is 0.154.